The first-order chi connectivity index (χ1) is 13.2. The predicted octanol–water partition coefficient (Wildman–Crippen LogP) is 2.72. The van der Waals surface area contributed by atoms with E-state index in [9.17, 15) is 0 Å². The second kappa shape index (κ2) is 9.46. The van der Waals surface area contributed by atoms with Crippen molar-refractivity contribution in [3.05, 3.63) is 54.5 Å². The van der Waals surface area contributed by atoms with Crippen LogP contribution in [0.1, 0.15) is 25.1 Å². The normalized spacial score (nSPS) is 18.7. The highest BCUT2D eigenvalue weighted by molar-refractivity contribution is 5.80. The molecule has 2 N–H and O–H groups in total. The molecule has 146 valence electrons. The first-order valence-corrected chi connectivity index (χ1v) is 9.72. The zero-order valence-corrected chi connectivity index (χ0v) is 16.6. The average molecular weight is 370 g/mol. The van der Waals surface area contributed by atoms with Gasteiger partial charge < -0.3 is 20.0 Å². The van der Waals surface area contributed by atoms with Gasteiger partial charge in [0.2, 0.25) is 0 Å². The molecule has 0 radical (unpaired) electrons. The lowest BCUT2D eigenvalue weighted by molar-refractivity contribution is 0.265. The number of hydrogen-bond donors (Lipinski definition) is 2. The molecule has 2 heterocycles. The van der Waals surface area contributed by atoms with Gasteiger partial charge >= 0.3 is 0 Å². The van der Waals surface area contributed by atoms with Gasteiger partial charge in [-0.3, -0.25) is 9.89 Å². The molecule has 1 aromatic heterocycles. The third kappa shape index (κ3) is 5.26. The van der Waals surface area contributed by atoms with E-state index in [1.54, 1.807) is 6.26 Å². The SMILES string of the molecule is CCNC(=NCC(c1ccco1)N(C)C)NC1CCN(c2ccccc2)C1. The van der Waals surface area contributed by atoms with Crippen LogP contribution < -0.4 is 15.5 Å². The van der Waals surface area contributed by atoms with Gasteiger partial charge in [0.25, 0.3) is 0 Å². The van der Waals surface area contributed by atoms with Crippen LogP contribution >= 0.6 is 0 Å². The molecule has 1 aromatic carbocycles. The molecule has 0 spiro atoms. The van der Waals surface area contributed by atoms with Crippen molar-refractivity contribution in [2.24, 2.45) is 4.99 Å². The summed E-state index contributed by atoms with van der Waals surface area (Å²) in [5.74, 6) is 1.81. The van der Waals surface area contributed by atoms with Crippen molar-refractivity contribution in [3.63, 3.8) is 0 Å². The number of furan rings is 1. The van der Waals surface area contributed by atoms with E-state index in [4.69, 9.17) is 9.41 Å². The van der Waals surface area contributed by atoms with Crippen molar-refractivity contribution in [1.82, 2.24) is 15.5 Å². The summed E-state index contributed by atoms with van der Waals surface area (Å²) in [6.45, 7) is 5.63. The average Bonchev–Trinajstić information content (AvgIpc) is 3.35. The van der Waals surface area contributed by atoms with Gasteiger partial charge in [-0.25, -0.2) is 0 Å². The number of rotatable bonds is 7. The zero-order valence-electron chi connectivity index (χ0n) is 16.6. The van der Waals surface area contributed by atoms with Crippen molar-refractivity contribution in [1.29, 1.82) is 0 Å². The summed E-state index contributed by atoms with van der Waals surface area (Å²) >= 11 is 0. The van der Waals surface area contributed by atoms with E-state index in [1.807, 2.05) is 12.1 Å². The van der Waals surface area contributed by atoms with Crippen LogP contribution in [0.15, 0.2) is 58.1 Å². The van der Waals surface area contributed by atoms with E-state index < -0.39 is 0 Å². The highest BCUT2D eigenvalue weighted by Gasteiger charge is 2.24. The molecule has 0 bridgehead atoms. The number of aliphatic imine (C=N–C) groups is 1. The first-order valence-electron chi connectivity index (χ1n) is 9.72. The molecule has 0 amide bonds. The molecule has 27 heavy (non-hydrogen) atoms. The van der Waals surface area contributed by atoms with Gasteiger partial charge in [0.05, 0.1) is 18.8 Å². The highest BCUT2D eigenvalue weighted by Crippen LogP contribution is 2.20. The van der Waals surface area contributed by atoms with Crippen LogP contribution in [-0.2, 0) is 0 Å². The molecule has 0 aliphatic carbocycles. The minimum atomic E-state index is 0.125. The molecular formula is C21H31N5O. The van der Waals surface area contributed by atoms with E-state index in [2.05, 4.69) is 71.8 Å². The molecule has 1 aliphatic rings. The van der Waals surface area contributed by atoms with Crippen molar-refractivity contribution in [2.45, 2.75) is 25.4 Å². The van der Waals surface area contributed by atoms with Gasteiger partial charge in [0.1, 0.15) is 5.76 Å². The van der Waals surface area contributed by atoms with Crippen LogP contribution in [0.25, 0.3) is 0 Å². The maximum absolute atomic E-state index is 5.59. The number of guanidine groups is 1. The lowest BCUT2D eigenvalue weighted by atomic mass is 10.2. The standard InChI is InChI=1S/C21H31N5O/c1-4-22-21(23-15-19(25(2)3)20-11-8-14-27-20)24-17-12-13-26(16-17)18-9-6-5-7-10-18/h5-11,14,17,19H,4,12-13,15-16H2,1-3H3,(H2,22,23,24). The van der Waals surface area contributed by atoms with Gasteiger partial charge in [0.15, 0.2) is 5.96 Å². The van der Waals surface area contributed by atoms with Crippen molar-refractivity contribution in [3.8, 4) is 0 Å². The molecule has 1 saturated heterocycles. The Kier molecular flexibility index (Phi) is 6.76. The molecule has 2 atom stereocenters. The third-order valence-electron chi connectivity index (χ3n) is 4.91. The Morgan fingerprint density at radius 3 is 2.74 bits per heavy atom. The van der Waals surface area contributed by atoms with Crippen LogP contribution in [0.4, 0.5) is 5.69 Å². The number of nitrogens with zero attached hydrogens (tertiary/aromatic N) is 3. The fraction of sp³-hybridized carbons (Fsp3) is 0.476. The smallest absolute Gasteiger partial charge is 0.191 e. The van der Waals surface area contributed by atoms with Crippen LogP contribution in [0.5, 0.6) is 0 Å². The van der Waals surface area contributed by atoms with Gasteiger partial charge in [-0.15, -0.1) is 0 Å². The minimum Gasteiger partial charge on any atom is -0.468 e. The molecule has 1 fully saturated rings. The quantitative estimate of drug-likeness (QED) is 0.581. The Morgan fingerprint density at radius 2 is 2.07 bits per heavy atom. The number of anilines is 1. The number of hydrogen-bond acceptors (Lipinski definition) is 4. The van der Waals surface area contributed by atoms with E-state index >= 15 is 0 Å². The molecule has 1 aliphatic heterocycles. The van der Waals surface area contributed by atoms with Gasteiger partial charge in [-0.1, -0.05) is 18.2 Å². The molecule has 2 aromatic rings. The molecule has 6 nitrogen and oxygen atoms in total. The monoisotopic (exact) mass is 369 g/mol. The van der Waals surface area contributed by atoms with Crippen LogP contribution in [0, 0.1) is 0 Å². The second-order valence-electron chi connectivity index (χ2n) is 7.13. The Labute approximate surface area is 162 Å². The molecular weight excluding hydrogens is 338 g/mol. The Bertz CT molecular complexity index is 699. The minimum absolute atomic E-state index is 0.125. The zero-order chi connectivity index (χ0) is 19.1. The Hall–Kier alpha value is -2.47. The predicted molar refractivity (Wildman–Crippen MR) is 111 cm³/mol. The number of likely N-dealkylation sites (N-methyl/N-ethyl adjacent to an activating group) is 1. The number of benzene rings is 1. The van der Waals surface area contributed by atoms with Crippen molar-refractivity contribution >= 4 is 11.6 Å². The second-order valence-corrected chi connectivity index (χ2v) is 7.13. The largest absolute Gasteiger partial charge is 0.468 e. The van der Waals surface area contributed by atoms with Gasteiger partial charge in [-0.05, 0) is 51.7 Å². The Balaban J connectivity index is 1.61. The number of nitrogens with one attached hydrogen (secondary N) is 2. The van der Waals surface area contributed by atoms with Crippen molar-refractivity contribution < 1.29 is 4.42 Å². The van der Waals surface area contributed by atoms with Gasteiger partial charge in [-0.2, -0.15) is 0 Å². The summed E-state index contributed by atoms with van der Waals surface area (Å²) < 4.78 is 5.59. The van der Waals surface area contributed by atoms with E-state index in [0.29, 0.717) is 12.6 Å². The van der Waals surface area contributed by atoms with Crippen LogP contribution in [0.3, 0.4) is 0 Å². The summed E-state index contributed by atoms with van der Waals surface area (Å²) in [5.41, 5.74) is 1.29. The molecule has 3 rings (SSSR count). The van der Waals surface area contributed by atoms with E-state index in [1.165, 1.54) is 5.69 Å². The highest BCUT2D eigenvalue weighted by atomic mass is 16.3. The van der Waals surface area contributed by atoms with E-state index in [0.717, 1.165) is 37.8 Å². The van der Waals surface area contributed by atoms with E-state index in [-0.39, 0.29) is 6.04 Å². The van der Waals surface area contributed by atoms with Crippen LogP contribution in [0.2, 0.25) is 0 Å². The molecule has 2 unspecified atom stereocenters. The summed E-state index contributed by atoms with van der Waals surface area (Å²) in [5, 5.41) is 6.98. The third-order valence-corrected chi connectivity index (χ3v) is 4.91. The summed E-state index contributed by atoms with van der Waals surface area (Å²) in [6.07, 6.45) is 2.82. The maximum Gasteiger partial charge on any atom is 0.191 e. The lowest BCUT2D eigenvalue weighted by Crippen LogP contribution is -2.45. The molecule has 6 heteroatoms. The summed E-state index contributed by atoms with van der Waals surface area (Å²) in [7, 11) is 4.11. The molecule has 0 saturated carbocycles. The van der Waals surface area contributed by atoms with Crippen LogP contribution in [-0.4, -0.2) is 57.2 Å². The lowest BCUT2D eigenvalue weighted by Gasteiger charge is -2.23. The fourth-order valence-electron chi connectivity index (χ4n) is 3.43. The fourth-order valence-corrected chi connectivity index (χ4v) is 3.43. The number of para-hydroxylation sites is 1. The summed E-state index contributed by atoms with van der Waals surface area (Å²) in [4.78, 5) is 9.39. The Morgan fingerprint density at radius 1 is 1.26 bits per heavy atom. The maximum atomic E-state index is 5.59. The first kappa shape index (κ1) is 19.3. The van der Waals surface area contributed by atoms with Gasteiger partial charge in [0, 0.05) is 31.4 Å². The summed E-state index contributed by atoms with van der Waals surface area (Å²) in [6, 6.07) is 15.1. The van der Waals surface area contributed by atoms with Crippen molar-refractivity contribution in [2.75, 3.05) is 45.2 Å². The topological polar surface area (TPSA) is 56.0 Å².